The Labute approximate surface area is 133 Å². The summed E-state index contributed by atoms with van der Waals surface area (Å²) in [4.78, 5) is 17.1. The van der Waals surface area contributed by atoms with Crippen molar-refractivity contribution in [2.75, 3.05) is 6.54 Å². The summed E-state index contributed by atoms with van der Waals surface area (Å²) in [6.07, 6.45) is -0.697. The Bertz CT molecular complexity index is 441. The fourth-order valence-electron chi connectivity index (χ4n) is 1.79. The summed E-state index contributed by atoms with van der Waals surface area (Å²) in [6, 6.07) is 10.2. The smallest absolute Gasteiger partial charge is 0.431 e. The van der Waals surface area contributed by atoms with Crippen LogP contribution >= 0.6 is 0 Å². The van der Waals surface area contributed by atoms with Gasteiger partial charge in [0.2, 0.25) is 0 Å². The van der Waals surface area contributed by atoms with E-state index in [4.69, 9.17) is 9.57 Å². The molecule has 1 aromatic rings. The molecule has 1 amide bonds. The van der Waals surface area contributed by atoms with Crippen LogP contribution in [-0.4, -0.2) is 24.3 Å². The molecule has 0 aliphatic carbocycles. The summed E-state index contributed by atoms with van der Waals surface area (Å²) in [6.45, 7) is 10.9. The minimum atomic E-state index is -0.568. The normalized spacial score (nSPS) is 13.0. The molecule has 1 unspecified atom stereocenters. The van der Waals surface area contributed by atoms with E-state index in [1.807, 2.05) is 52.8 Å². The third-order valence-corrected chi connectivity index (χ3v) is 2.95. The highest BCUT2D eigenvalue weighted by Crippen LogP contribution is 2.08. The molecule has 1 aromatic carbocycles. The van der Waals surface area contributed by atoms with Gasteiger partial charge in [-0.05, 0) is 32.3 Å². The lowest BCUT2D eigenvalue weighted by Crippen LogP contribution is -2.40. The maximum Gasteiger partial charge on any atom is 0.431 e. The molecule has 0 aliphatic heterocycles. The third-order valence-electron chi connectivity index (χ3n) is 2.95. The van der Waals surface area contributed by atoms with Crippen molar-refractivity contribution in [3.8, 4) is 0 Å². The van der Waals surface area contributed by atoms with E-state index in [1.165, 1.54) is 5.56 Å². The van der Waals surface area contributed by atoms with Gasteiger partial charge in [-0.2, -0.15) is 5.48 Å². The molecule has 0 radical (unpaired) electrons. The van der Waals surface area contributed by atoms with Crippen LogP contribution in [0.1, 0.15) is 40.2 Å². The zero-order valence-corrected chi connectivity index (χ0v) is 14.2. The van der Waals surface area contributed by atoms with Crippen molar-refractivity contribution in [3.05, 3.63) is 35.9 Å². The molecule has 0 aliphatic rings. The Kier molecular flexibility index (Phi) is 7.35. The molecule has 0 fully saturated rings. The van der Waals surface area contributed by atoms with Crippen LogP contribution in [-0.2, 0) is 16.1 Å². The van der Waals surface area contributed by atoms with Gasteiger partial charge in [0.15, 0.2) is 0 Å². The molecule has 5 heteroatoms. The average Bonchev–Trinajstić information content (AvgIpc) is 2.41. The van der Waals surface area contributed by atoms with Crippen LogP contribution in [0.3, 0.4) is 0 Å². The third kappa shape index (κ3) is 8.00. The maximum atomic E-state index is 11.6. The van der Waals surface area contributed by atoms with Crippen molar-refractivity contribution in [2.45, 2.75) is 52.9 Å². The fourth-order valence-corrected chi connectivity index (χ4v) is 1.79. The van der Waals surface area contributed by atoms with Gasteiger partial charge in [0.1, 0.15) is 11.7 Å². The number of hydrogen-bond acceptors (Lipinski definition) is 4. The highest BCUT2D eigenvalue weighted by Gasteiger charge is 2.19. The van der Waals surface area contributed by atoms with Gasteiger partial charge in [0.05, 0.1) is 0 Å². The Morgan fingerprint density at radius 3 is 2.36 bits per heavy atom. The summed E-state index contributed by atoms with van der Waals surface area (Å²) in [7, 11) is 0. The lowest BCUT2D eigenvalue weighted by atomic mass is 10.1. The SMILES string of the molecule is CC(C)C(CNCc1ccccc1)ONC(=O)OC(C)(C)C. The first-order valence-electron chi connectivity index (χ1n) is 7.67. The van der Waals surface area contributed by atoms with Crippen LogP contribution in [0.2, 0.25) is 0 Å². The van der Waals surface area contributed by atoms with E-state index in [9.17, 15) is 4.79 Å². The number of hydrogen-bond donors (Lipinski definition) is 2. The fraction of sp³-hybridized carbons (Fsp3) is 0.588. The summed E-state index contributed by atoms with van der Waals surface area (Å²) >= 11 is 0. The maximum absolute atomic E-state index is 11.6. The van der Waals surface area contributed by atoms with E-state index in [-0.39, 0.29) is 12.0 Å². The number of hydroxylamine groups is 1. The molecule has 0 saturated carbocycles. The van der Waals surface area contributed by atoms with Gasteiger partial charge < -0.3 is 10.1 Å². The van der Waals surface area contributed by atoms with E-state index >= 15 is 0 Å². The Morgan fingerprint density at radius 2 is 1.82 bits per heavy atom. The van der Waals surface area contributed by atoms with E-state index < -0.39 is 11.7 Å². The predicted molar refractivity (Wildman–Crippen MR) is 87.2 cm³/mol. The van der Waals surface area contributed by atoms with Gasteiger partial charge in [-0.1, -0.05) is 44.2 Å². The number of amides is 1. The first-order valence-corrected chi connectivity index (χ1v) is 7.67. The van der Waals surface area contributed by atoms with Gasteiger partial charge >= 0.3 is 6.09 Å². The minimum Gasteiger partial charge on any atom is -0.442 e. The van der Waals surface area contributed by atoms with Gasteiger partial charge in [-0.25, -0.2) is 4.79 Å². The van der Waals surface area contributed by atoms with Crippen molar-refractivity contribution >= 4 is 6.09 Å². The first kappa shape index (κ1) is 18.5. The molecule has 5 nitrogen and oxygen atoms in total. The number of ether oxygens (including phenoxy) is 1. The van der Waals surface area contributed by atoms with Crippen LogP contribution in [0, 0.1) is 5.92 Å². The molecule has 0 spiro atoms. The number of benzene rings is 1. The Hall–Kier alpha value is -1.59. The van der Waals surface area contributed by atoms with Gasteiger partial charge in [-0.15, -0.1) is 0 Å². The second-order valence-electron chi connectivity index (χ2n) is 6.62. The largest absolute Gasteiger partial charge is 0.442 e. The summed E-state index contributed by atoms with van der Waals surface area (Å²) in [5, 5.41) is 3.34. The highest BCUT2D eigenvalue weighted by atomic mass is 16.7. The van der Waals surface area contributed by atoms with Gasteiger partial charge in [-0.3, -0.25) is 4.84 Å². The first-order chi connectivity index (χ1) is 10.3. The van der Waals surface area contributed by atoms with E-state index in [2.05, 4.69) is 22.9 Å². The molecular formula is C17H28N2O3. The number of nitrogens with one attached hydrogen (secondary N) is 2. The molecular weight excluding hydrogens is 280 g/mol. The van der Waals surface area contributed by atoms with Gasteiger partial charge in [0, 0.05) is 13.1 Å². The average molecular weight is 308 g/mol. The minimum absolute atomic E-state index is 0.128. The lowest BCUT2D eigenvalue weighted by molar-refractivity contribution is -0.0569. The molecule has 124 valence electrons. The molecule has 0 heterocycles. The van der Waals surface area contributed by atoms with Crippen LogP contribution < -0.4 is 10.8 Å². The number of rotatable bonds is 7. The summed E-state index contributed by atoms with van der Waals surface area (Å²) in [5.41, 5.74) is 3.05. The quantitative estimate of drug-likeness (QED) is 0.759. The van der Waals surface area contributed by atoms with Crippen LogP contribution in [0.5, 0.6) is 0 Å². The van der Waals surface area contributed by atoms with E-state index in [0.717, 1.165) is 6.54 Å². The van der Waals surface area contributed by atoms with Crippen LogP contribution in [0.25, 0.3) is 0 Å². The van der Waals surface area contributed by atoms with E-state index in [1.54, 1.807) is 0 Å². The summed E-state index contributed by atoms with van der Waals surface area (Å²) < 4.78 is 5.15. The molecule has 2 N–H and O–H groups in total. The Morgan fingerprint density at radius 1 is 1.18 bits per heavy atom. The molecule has 22 heavy (non-hydrogen) atoms. The van der Waals surface area contributed by atoms with Crippen molar-refractivity contribution in [1.82, 2.24) is 10.8 Å². The zero-order valence-electron chi connectivity index (χ0n) is 14.2. The van der Waals surface area contributed by atoms with Crippen molar-refractivity contribution in [3.63, 3.8) is 0 Å². The monoisotopic (exact) mass is 308 g/mol. The van der Waals surface area contributed by atoms with Crippen LogP contribution in [0.15, 0.2) is 30.3 Å². The van der Waals surface area contributed by atoms with Crippen LogP contribution in [0.4, 0.5) is 4.79 Å². The molecule has 0 aromatic heterocycles. The zero-order chi connectivity index (χ0) is 16.6. The second kappa shape index (κ2) is 8.76. The molecule has 1 rings (SSSR count). The second-order valence-corrected chi connectivity index (χ2v) is 6.62. The standard InChI is InChI=1S/C17H28N2O3/c1-13(2)15(22-19-16(20)21-17(3,4)5)12-18-11-14-9-7-6-8-10-14/h6-10,13,15,18H,11-12H2,1-5H3,(H,19,20). The molecule has 0 saturated heterocycles. The number of carbonyl (C=O) groups excluding carboxylic acids is 1. The molecule has 0 bridgehead atoms. The van der Waals surface area contributed by atoms with Crippen molar-refractivity contribution < 1.29 is 14.4 Å². The number of carbonyl (C=O) groups is 1. The Balaban J connectivity index is 2.34. The highest BCUT2D eigenvalue weighted by molar-refractivity contribution is 5.66. The predicted octanol–water partition coefficient (Wildman–Crippen LogP) is 3.26. The van der Waals surface area contributed by atoms with Crippen molar-refractivity contribution in [1.29, 1.82) is 0 Å². The summed E-state index contributed by atoms with van der Waals surface area (Å²) in [5.74, 6) is 0.262. The molecule has 1 atom stereocenters. The van der Waals surface area contributed by atoms with E-state index in [0.29, 0.717) is 6.54 Å². The van der Waals surface area contributed by atoms with Gasteiger partial charge in [0.25, 0.3) is 0 Å². The lowest BCUT2D eigenvalue weighted by Gasteiger charge is -2.24. The topological polar surface area (TPSA) is 59.6 Å². The van der Waals surface area contributed by atoms with Crippen molar-refractivity contribution in [2.24, 2.45) is 5.92 Å².